The lowest BCUT2D eigenvalue weighted by atomic mass is 10.2. The number of unbranched alkanes of at least 4 members (excludes halogenated alkanes) is 1. The second-order valence-electron chi connectivity index (χ2n) is 6.95. The molecule has 0 spiro atoms. The van der Waals surface area contributed by atoms with Gasteiger partial charge in [0.05, 0.1) is 18.6 Å². The van der Waals surface area contributed by atoms with Gasteiger partial charge in [0.15, 0.2) is 11.5 Å². The molecule has 7 nitrogen and oxygen atoms in total. The van der Waals surface area contributed by atoms with Crippen molar-refractivity contribution in [1.29, 1.82) is 0 Å². The van der Waals surface area contributed by atoms with Crippen LogP contribution in [0.3, 0.4) is 0 Å². The van der Waals surface area contributed by atoms with Crippen molar-refractivity contribution in [2.24, 2.45) is 0 Å². The summed E-state index contributed by atoms with van der Waals surface area (Å²) in [5.74, 6) is 0.684. The van der Waals surface area contributed by atoms with E-state index >= 15 is 0 Å². The minimum atomic E-state index is -3.59. The second-order valence-corrected chi connectivity index (χ2v) is 8.66. The summed E-state index contributed by atoms with van der Waals surface area (Å²) in [4.78, 5) is 12.8. The normalized spacial score (nSPS) is 13.7. The Morgan fingerprint density at radius 1 is 1.14 bits per heavy atom. The standard InChI is InChI=1S/C21H26N2O5S/c1-3-4-12-28-19-11-8-15(13-20(19)27-2)21(24)22-17-6-5-7-18(14-17)29(25,26)23-16-9-10-16/h5-8,11,13-14,16,23H,3-4,9-10,12H2,1-2H3,(H,22,24). The zero-order chi connectivity index (χ0) is 20.9. The van der Waals surface area contributed by atoms with Gasteiger partial charge in [-0.3, -0.25) is 4.79 Å². The fraction of sp³-hybridized carbons (Fsp3) is 0.381. The van der Waals surface area contributed by atoms with Crippen LogP contribution in [0.4, 0.5) is 5.69 Å². The molecule has 0 radical (unpaired) electrons. The van der Waals surface area contributed by atoms with Crippen LogP contribution >= 0.6 is 0 Å². The van der Waals surface area contributed by atoms with Crippen LogP contribution in [-0.4, -0.2) is 34.1 Å². The maximum absolute atomic E-state index is 12.6. The van der Waals surface area contributed by atoms with Crippen molar-refractivity contribution in [3.63, 3.8) is 0 Å². The largest absolute Gasteiger partial charge is 0.493 e. The van der Waals surface area contributed by atoms with Gasteiger partial charge >= 0.3 is 0 Å². The van der Waals surface area contributed by atoms with Crippen molar-refractivity contribution >= 4 is 21.6 Å². The third-order valence-corrected chi connectivity index (χ3v) is 6.00. The highest BCUT2D eigenvalue weighted by Gasteiger charge is 2.28. The Labute approximate surface area is 171 Å². The van der Waals surface area contributed by atoms with E-state index in [1.807, 2.05) is 0 Å². The first-order chi connectivity index (χ1) is 13.9. The van der Waals surface area contributed by atoms with Gasteiger partial charge in [-0.2, -0.15) is 0 Å². The van der Waals surface area contributed by atoms with Crippen molar-refractivity contribution in [3.8, 4) is 11.5 Å². The highest BCUT2D eigenvalue weighted by Crippen LogP contribution is 2.29. The quantitative estimate of drug-likeness (QED) is 0.576. The van der Waals surface area contributed by atoms with E-state index in [0.717, 1.165) is 25.7 Å². The molecule has 1 aliphatic rings. The van der Waals surface area contributed by atoms with E-state index < -0.39 is 10.0 Å². The summed E-state index contributed by atoms with van der Waals surface area (Å²) in [6.45, 7) is 2.66. The maximum Gasteiger partial charge on any atom is 0.255 e. The van der Waals surface area contributed by atoms with Gasteiger partial charge < -0.3 is 14.8 Å². The van der Waals surface area contributed by atoms with Crippen LogP contribution in [0, 0.1) is 0 Å². The van der Waals surface area contributed by atoms with Crippen LogP contribution in [0.15, 0.2) is 47.4 Å². The summed E-state index contributed by atoms with van der Waals surface area (Å²) in [6, 6.07) is 11.2. The van der Waals surface area contributed by atoms with Gasteiger partial charge in [0, 0.05) is 17.3 Å². The average molecular weight is 419 g/mol. The van der Waals surface area contributed by atoms with Gasteiger partial charge in [-0.05, 0) is 55.7 Å². The molecule has 0 bridgehead atoms. The molecule has 0 aromatic heterocycles. The SMILES string of the molecule is CCCCOc1ccc(C(=O)Nc2cccc(S(=O)(=O)NC3CC3)c2)cc1OC. The number of sulfonamides is 1. The van der Waals surface area contributed by atoms with E-state index in [0.29, 0.717) is 29.4 Å². The lowest BCUT2D eigenvalue weighted by Crippen LogP contribution is -2.25. The molecule has 156 valence electrons. The third kappa shape index (κ3) is 5.71. The molecule has 0 unspecified atom stereocenters. The van der Waals surface area contributed by atoms with Crippen LogP contribution in [-0.2, 0) is 10.0 Å². The fourth-order valence-corrected chi connectivity index (χ4v) is 4.04. The third-order valence-electron chi connectivity index (χ3n) is 4.48. The summed E-state index contributed by atoms with van der Waals surface area (Å²) in [5, 5.41) is 2.74. The molecule has 0 saturated heterocycles. The van der Waals surface area contributed by atoms with Crippen LogP contribution in [0.2, 0.25) is 0 Å². The Kier molecular flexibility index (Phi) is 6.76. The summed E-state index contributed by atoms with van der Waals surface area (Å²) < 4.78 is 38.4. The number of amides is 1. The molecule has 1 aliphatic carbocycles. The van der Waals surface area contributed by atoms with E-state index in [4.69, 9.17) is 9.47 Å². The highest BCUT2D eigenvalue weighted by molar-refractivity contribution is 7.89. The molecular weight excluding hydrogens is 392 g/mol. The minimum absolute atomic E-state index is 0.0174. The number of hydrogen-bond donors (Lipinski definition) is 2. The topological polar surface area (TPSA) is 93.7 Å². The summed E-state index contributed by atoms with van der Waals surface area (Å²) in [7, 11) is -2.07. The van der Waals surface area contributed by atoms with E-state index in [1.165, 1.54) is 19.2 Å². The smallest absolute Gasteiger partial charge is 0.255 e. The molecule has 2 aromatic rings. The Morgan fingerprint density at radius 2 is 1.93 bits per heavy atom. The van der Waals surface area contributed by atoms with Crippen molar-refractivity contribution in [1.82, 2.24) is 4.72 Å². The molecule has 1 saturated carbocycles. The molecule has 8 heteroatoms. The molecule has 2 aromatic carbocycles. The van der Waals surface area contributed by atoms with Gasteiger partial charge in [0.2, 0.25) is 10.0 Å². The number of carbonyl (C=O) groups is 1. The molecule has 1 fully saturated rings. The number of methoxy groups -OCH3 is 1. The second kappa shape index (κ2) is 9.28. The maximum atomic E-state index is 12.6. The molecular formula is C21H26N2O5S. The van der Waals surface area contributed by atoms with Crippen LogP contribution in [0.5, 0.6) is 11.5 Å². The summed E-state index contributed by atoms with van der Waals surface area (Å²) >= 11 is 0. The van der Waals surface area contributed by atoms with E-state index in [9.17, 15) is 13.2 Å². The Bertz CT molecular complexity index is 971. The molecule has 29 heavy (non-hydrogen) atoms. The highest BCUT2D eigenvalue weighted by atomic mass is 32.2. The molecule has 0 heterocycles. The minimum Gasteiger partial charge on any atom is -0.493 e. The first-order valence-electron chi connectivity index (χ1n) is 9.67. The summed E-state index contributed by atoms with van der Waals surface area (Å²) in [6.07, 6.45) is 3.67. The summed E-state index contributed by atoms with van der Waals surface area (Å²) in [5.41, 5.74) is 0.782. The Balaban J connectivity index is 1.72. The number of hydrogen-bond acceptors (Lipinski definition) is 5. The van der Waals surface area contributed by atoms with E-state index in [1.54, 1.807) is 30.3 Å². The van der Waals surface area contributed by atoms with Crippen molar-refractivity contribution in [2.45, 2.75) is 43.5 Å². The number of anilines is 1. The molecule has 3 rings (SSSR count). The van der Waals surface area contributed by atoms with Gasteiger partial charge in [-0.1, -0.05) is 19.4 Å². The molecule has 1 amide bonds. The predicted octanol–water partition coefficient (Wildman–Crippen LogP) is 3.57. The first kappa shape index (κ1) is 21.1. The fourth-order valence-electron chi connectivity index (χ4n) is 2.69. The van der Waals surface area contributed by atoms with Gasteiger partial charge in [0.1, 0.15) is 0 Å². The number of benzene rings is 2. The van der Waals surface area contributed by atoms with Gasteiger partial charge in [-0.15, -0.1) is 0 Å². The van der Waals surface area contributed by atoms with E-state index in [-0.39, 0.29) is 16.8 Å². The molecule has 2 N–H and O–H groups in total. The van der Waals surface area contributed by atoms with Crippen LogP contribution < -0.4 is 19.5 Å². The molecule has 0 aliphatic heterocycles. The van der Waals surface area contributed by atoms with Crippen molar-refractivity contribution < 1.29 is 22.7 Å². The lowest BCUT2D eigenvalue weighted by molar-refractivity contribution is 0.102. The lowest BCUT2D eigenvalue weighted by Gasteiger charge is -2.12. The Morgan fingerprint density at radius 3 is 2.62 bits per heavy atom. The first-order valence-corrected chi connectivity index (χ1v) is 11.2. The average Bonchev–Trinajstić information content (AvgIpc) is 3.52. The number of rotatable bonds is 10. The number of nitrogens with one attached hydrogen (secondary N) is 2. The molecule has 0 atom stereocenters. The predicted molar refractivity (Wildman–Crippen MR) is 111 cm³/mol. The monoisotopic (exact) mass is 418 g/mol. The number of carbonyl (C=O) groups excluding carboxylic acids is 1. The zero-order valence-corrected chi connectivity index (χ0v) is 17.4. The van der Waals surface area contributed by atoms with Crippen LogP contribution in [0.1, 0.15) is 43.0 Å². The van der Waals surface area contributed by atoms with Gasteiger partial charge in [0.25, 0.3) is 5.91 Å². The van der Waals surface area contributed by atoms with Crippen molar-refractivity contribution in [3.05, 3.63) is 48.0 Å². The number of ether oxygens (including phenoxy) is 2. The van der Waals surface area contributed by atoms with Crippen LogP contribution in [0.25, 0.3) is 0 Å². The zero-order valence-electron chi connectivity index (χ0n) is 16.6. The Hall–Kier alpha value is -2.58. The van der Waals surface area contributed by atoms with Gasteiger partial charge in [-0.25, -0.2) is 13.1 Å². The van der Waals surface area contributed by atoms with Crippen molar-refractivity contribution in [2.75, 3.05) is 19.0 Å². The van der Waals surface area contributed by atoms with E-state index in [2.05, 4.69) is 17.0 Å².